The molecule has 0 heterocycles. The third kappa shape index (κ3) is 24.0. The van der Waals surface area contributed by atoms with E-state index in [4.69, 9.17) is 17.8 Å². The van der Waals surface area contributed by atoms with Gasteiger partial charge < -0.3 is 4.79 Å². The Morgan fingerprint density at radius 3 is 0.750 bits per heavy atom. The average Bonchev–Trinajstić information content (AvgIpc) is 2.43. The summed E-state index contributed by atoms with van der Waals surface area (Å²) in [5.41, 5.74) is -0.146. The van der Waals surface area contributed by atoms with E-state index in [1.54, 1.807) is 0 Å². The van der Waals surface area contributed by atoms with Gasteiger partial charge in [-0.05, 0) is 34.0 Å². The van der Waals surface area contributed by atoms with Crippen LogP contribution in [0.2, 0.25) is 0 Å². The molecule has 0 saturated carbocycles. The van der Waals surface area contributed by atoms with Gasteiger partial charge in [0.1, 0.15) is 0 Å². The maximum Gasteiger partial charge on any atom is 0.522 e. The van der Waals surface area contributed by atoms with Crippen LogP contribution in [-0.4, -0.2) is 58.7 Å². The van der Waals surface area contributed by atoms with Crippen LogP contribution in [0.3, 0.4) is 0 Å². The molecule has 0 saturated heterocycles. The van der Waals surface area contributed by atoms with Crippen molar-refractivity contribution in [1.29, 1.82) is 0 Å². The molecule has 0 fully saturated rings. The summed E-state index contributed by atoms with van der Waals surface area (Å²) < 4.78 is 57.5. The number of alkyl halides is 3. The molecular weight excluding hydrogens is 570 g/mol. The summed E-state index contributed by atoms with van der Waals surface area (Å²) in [5.74, 6) is 0. The fourth-order valence-corrected chi connectivity index (χ4v) is 10.7. The van der Waals surface area contributed by atoms with Crippen LogP contribution in [0.4, 0.5) is 13.2 Å². The molecule has 0 amide bonds. The summed E-state index contributed by atoms with van der Waals surface area (Å²) in [6.07, 6.45) is 1.50. The molecule has 0 aromatic carbocycles. The molecule has 1 radical (unpaired) electrons. The van der Waals surface area contributed by atoms with Gasteiger partial charge in [0.2, 0.25) is 0 Å². The largest absolute Gasteiger partial charge is 0.542 e. The van der Waals surface area contributed by atoms with Crippen molar-refractivity contribution < 1.29 is 50.4 Å². The third-order valence-corrected chi connectivity index (χ3v) is 11.6. The second-order valence-corrected chi connectivity index (χ2v) is 18.0. The molecule has 0 aliphatic carbocycles. The standard InChI is InChI=1S/2C9H21P.C2H3O.CHF3O3S.Rh/c2*1-7(2)10(8(3)4)9(5)6;1-2-3;2-1(3,4)8(5,6)7;/h2*7-9H,1-6H3;1H3;(H,5,6,7);/q;;-1;;. The van der Waals surface area contributed by atoms with Crippen molar-refractivity contribution in [2.45, 2.75) is 129 Å². The van der Waals surface area contributed by atoms with Crippen LogP contribution in [-0.2, 0) is 34.4 Å². The van der Waals surface area contributed by atoms with Crippen LogP contribution in [0, 0.1) is 0 Å². The maximum atomic E-state index is 10.7. The number of rotatable bonds is 6. The molecule has 0 unspecified atom stereocenters. The Balaban J connectivity index is -0.000000106. The molecule has 0 spiro atoms. The Bertz CT molecular complexity index is 478. The van der Waals surface area contributed by atoms with Gasteiger partial charge in [-0.1, -0.05) is 98.9 Å². The van der Waals surface area contributed by atoms with Crippen LogP contribution in [0.25, 0.3) is 0 Å². The Morgan fingerprint density at radius 2 is 0.750 bits per heavy atom. The first-order valence-electron chi connectivity index (χ1n) is 10.5. The fraction of sp³-hybridized carbons (Fsp3) is 0.952. The van der Waals surface area contributed by atoms with Crippen molar-refractivity contribution in [3.63, 3.8) is 0 Å². The van der Waals surface area contributed by atoms with Gasteiger partial charge in [0.15, 0.2) is 0 Å². The molecule has 0 rings (SSSR count). The van der Waals surface area contributed by atoms with Gasteiger partial charge in [-0.2, -0.15) is 28.5 Å². The van der Waals surface area contributed by atoms with Crippen LogP contribution in [0.15, 0.2) is 0 Å². The van der Waals surface area contributed by atoms with Gasteiger partial charge in [0.05, 0.1) is 0 Å². The molecule has 32 heavy (non-hydrogen) atoms. The minimum Gasteiger partial charge on any atom is -0.542 e. The van der Waals surface area contributed by atoms with E-state index in [1.807, 2.05) is 0 Å². The Morgan fingerprint density at radius 1 is 0.656 bits per heavy atom. The van der Waals surface area contributed by atoms with E-state index < -0.39 is 15.6 Å². The van der Waals surface area contributed by atoms with E-state index in [0.717, 1.165) is 34.0 Å². The minimum atomic E-state index is -5.84. The van der Waals surface area contributed by atoms with Gasteiger partial charge in [-0.15, -0.1) is 0 Å². The van der Waals surface area contributed by atoms with Crippen molar-refractivity contribution in [1.82, 2.24) is 0 Å². The predicted molar refractivity (Wildman–Crippen MR) is 134 cm³/mol. The molecular formula is C21H46F3O4P2RhS-. The van der Waals surface area contributed by atoms with E-state index in [-0.39, 0.29) is 35.3 Å². The number of hydrogen-bond donors (Lipinski definition) is 1. The van der Waals surface area contributed by atoms with Gasteiger partial charge in [-0.25, -0.2) is 0 Å². The summed E-state index contributed by atoms with van der Waals surface area (Å²) in [7, 11) is -5.32. The summed E-state index contributed by atoms with van der Waals surface area (Å²) in [6, 6.07) is 0. The van der Waals surface area contributed by atoms with Gasteiger partial charge in [-0.3, -0.25) is 10.8 Å². The zero-order chi connectivity index (χ0) is 26.3. The molecule has 201 valence electrons. The van der Waals surface area contributed by atoms with E-state index in [1.165, 1.54) is 13.2 Å². The van der Waals surface area contributed by atoms with Crippen LogP contribution in [0.1, 0.15) is 90.0 Å². The minimum absolute atomic E-state index is 0. The number of halogens is 3. The summed E-state index contributed by atoms with van der Waals surface area (Å²) in [4.78, 5) is 8.68. The summed E-state index contributed by atoms with van der Waals surface area (Å²) >= 11 is 0. The van der Waals surface area contributed by atoms with Crippen molar-refractivity contribution in [3.05, 3.63) is 0 Å². The maximum absolute atomic E-state index is 10.7. The monoisotopic (exact) mass is 616 g/mol. The van der Waals surface area contributed by atoms with E-state index in [9.17, 15) is 13.2 Å². The quantitative estimate of drug-likeness (QED) is 0.108. The topological polar surface area (TPSA) is 71.4 Å². The van der Waals surface area contributed by atoms with Crippen molar-refractivity contribution in [2.75, 3.05) is 0 Å². The third-order valence-electron chi connectivity index (χ3n) is 3.87. The molecule has 11 heteroatoms. The van der Waals surface area contributed by atoms with Crippen LogP contribution >= 0.6 is 15.8 Å². The van der Waals surface area contributed by atoms with E-state index in [0.29, 0.717) is 0 Å². The van der Waals surface area contributed by atoms with Crippen molar-refractivity contribution >= 4 is 32.2 Å². The van der Waals surface area contributed by atoms with Gasteiger partial charge in [0, 0.05) is 19.5 Å². The molecule has 0 aliphatic heterocycles. The van der Waals surface area contributed by atoms with E-state index in [2.05, 4.69) is 83.1 Å². The SMILES string of the molecule is CC(C)P(C(C)C)C(C)C.CC(C)P(C(C)C)C(C)C.C[C-]=O.O=S(=O)(O)C(F)(F)F.[Rh]. The zero-order valence-electron chi connectivity index (χ0n) is 21.9. The molecule has 0 aromatic heterocycles. The summed E-state index contributed by atoms with van der Waals surface area (Å²) in [6.45, 7) is 29.6. The normalized spacial score (nSPS) is 11.8. The Hall–Kier alpha value is 0.853. The van der Waals surface area contributed by atoms with Crippen molar-refractivity contribution in [2.24, 2.45) is 0 Å². The fourth-order valence-electron chi connectivity index (χ4n) is 3.58. The van der Waals surface area contributed by atoms with Gasteiger partial charge in [0.25, 0.3) is 0 Å². The number of carbonyl (C=O) groups excluding carboxylic acids is 1. The molecule has 0 bridgehead atoms. The summed E-state index contributed by atoms with van der Waals surface area (Å²) in [5, 5.41) is 0. The Labute approximate surface area is 211 Å². The smallest absolute Gasteiger partial charge is 0.522 e. The molecule has 0 aromatic rings. The first kappa shape index (κ1) is 43.0. The van der Waals surface area contributed by atoms with Crippen molar-refractivity contribution in [3.8, 4) is 0 Å². The molecule has 0 aliphatic rings. The second kappa shape index (κ2) is 21.2. The first-order valence-corrected chi connectivity index (χ1v) is 15.0. The average molecular weight is 617 g/mol. The number of hydrogen-bond acceptors (Lipinski definition) is 3. The molecule has 1 N–H and O–H groups in total. The van der Waals surface area contributed by atoms with Gasteiger partial charge >= 0.3 is 15.6 Å². The second-order valence-electron chi connectivity index (χ2n) is 8.58. The molecule has 4 nitrogen and oxygen atoms in total. The first-order chi connectivity index (χ1) is 13.6. The van der Waals surface area contributed by atoms with Crippen LogP contribution < -0.4 is 0 Å². The zero-order valence-corrected chi connectivity index (χ0v) is 26.2. The van der Waals surface area contributed by atoms with E-state index >= 15 is 0 Å². The predicted octanol–water partition coefficient (Wildman–Crippen LogP) is 7.89. The molecule has 0 atom stereocenters. The Kier molecular flexibility index (Phi) is 28.4. The van der Waals surface area contributed by atoms with Crippen LogP contribution in [0.5, 0.6) is 0 Å².